The van der Waals surface area contributed by atoms with E-state index >= 15 is 0 Å². The molecule has 0 saturated carbocycles. The lowest BCUT2D eigenvalue weighted by molar-refractivity contribution is 0.0695. The van der Waals surface area contributed by atoms with Gasteiger partial charge in [0.25, 0.3) is 0 Å². The Bertz CT molecular complexity index is 821. The Kier molecular flexibility index (Phi) is 4.75. The van der Waals surface area contributed by atoms with Crippen molar-refractivity contribution in [1.29, 1.82) is 0 Å². The predicted octanol–water partition coefficient (Wildman–Crippen LogP) is 3.58. The zero-order valence-electron chi connectivity index (χ0n) is 13.1. The van der Waals surface area contributed by atoms with Crippen LogP contribution in [0.15, 0.2) is 47.4 Å². The number of carboxylic acids is 1. The fourth-order valence-corrected chi connectivity index (χ4v) is 2.95. The highest BCUT2D eigenvalue weighted by atomic mass is 32.2. The van der Waals surface area contributed by atoms with Crippen molar-refractivity contribution in [3.8, 4) is 5.75 Å². The largest absolute Gasteiger partial charge is 0.478 e. The van der Waals surface area contributed by atoms with Crippen molar-refractivity contribution in [2.75, 3.05) is 0 Å². The van der Waals surface area contributed by atoms with Crippen LogP contribution in [0.3, 0.4) is 0 Å². The third-order valence-corrected chi connectivity index (χ3v) is 4.66. The number of aryl methyl sites for hydroxylation is 1. The van der Waals surface area contributed by atoms with Gasteiger partial charge in [-0.1, -0.05) is 37.6 Å². The number of rotatable bonds is 5. The summed E-state index contributed by atoms with van der Waals surface area (Å²) in [4.78, 5) is 11.3. The van der Waals surface area contributed by atoms with E-state index in [1.54, 1.807) is 18.2 Å². The van der Waals surface area contributed by atoms with Crippen LogP contribution in [-0.4, -0.2) is 19.5 Å². The molecule has 0 aliphatic carbocycles. The lowest BCUT2D eigenvalue weighted by Gasteiger charge is -2.13. The highest BCUT2D eigenvalue weighted by Gasteiger charge is 2.21. The van der Waals surface area contributed by atoms with Crippen molar-refractivity contribution >= 4 is 16.1 Å². The number of carboxylic acid groups (broad SMARTS) is 1. The molecule has 0 unspecified atom stereocenters. The molecular weight excluding hydrogens is 316 g/mol. The number of hydrogen-bond donors (Lipinski definition) is 1. The number of hydrogen-bond acceptors (Lipinski definition) is 4. The van der Waals surface area contributed by atoms with Crippen LogP contribution < -0.4 is 4.18 Å². The molecule has 6 heteroatoms. The number of aromatic carboxylic acids is 1. The molecule has 0 heterocycles. The van der Waals surface area contributed by atoms with Crippen molar-refractivity contribution in [3.05, 3.63) is 59.2 Å². The summed E-state index contributed by atoms with van der Waals surface area (Å²) in [6.07, 6.45) is 0. The Hall–Kier alpha value is -2.34. The molecule has 1 N–H and O–H groups in total. The molecular formula is C17H18O5S. The van der Waals surface area contributed by atoms with Gasteiger partial charge < -0.3 is 9.29 Å². The van der Waals surface area contributed by atoms with Gasteiger partial charge in [-0.2, -0.15) is 8.42 Å². The van der Waals surface area contributed by atoms with E-state index < -0.39 is 16.1 Å². The summed E-state index contributed by atoms with van der Waals surface area (Å²) >= 11 is 0. The fraction of sp³-hybridized carbons (Fsp3) is 0.235. The van der Waals surface area contributed by atoms with E-state index in [1.807, 2.05) is 20.8 Å². The third kappa shape index (κ3) is 3.90. The topological polar surface area (TPSA) is 80.7 Å². The summed E-state index contributed by atoms with van der Waals surface area (Å²) in [5.74, 6) is -1.30. The lowest BCUT2D eigenvalue weighted by Crippen LogP contribution is -2.13. The Balaban J connectivity index is 2.46. The smallest absolute Gasteiger partial charge is 0.339 e. The van der Waals surface area contributed by atoms with E-state index in [1.165, 1.54) is 24.3 Å². The van der Waals surface area contributed by atoms with E-state index in [-0.39, 0.29) is 22.1 Å². The minimum Gasteiger partial charge on any atom is -0.478 e. The quantitative estimate of drug-likeness (QED) is 0.845. The van der Waals surface area contributed by atoms with Gasteiger partial charge in [-0.15, -0.1) is 0 Å². The fourth-order valence-electron chi connectivity index (χ4n) is 2.01. The van der Waals surface area contributed by atoms with E-state index in [0.29, 0.717) is 0 Å². The summed E-state index contributed by atoms with van der Waals surface area (Å²) in [6, 6.07) is 10.6. The second-order valence-electron chi connectivity index (χ2n) is 5.57. The van der Waals surface area contributed by atoms with Crippen molar-refractivity contribution in [3.63, 3.8) is 0 Å². The van der Waals surface area contributed by atoms with Crippen LogP contribution >= 0.6 is 0 Å². The lowest BCUT2D eigenvalue weighted by atomic mass is 10.0. The highest BCUT2D eigenvalue weighted by molar-refractivity contribution is 7.87. The molecule has 2 aromatic carbocycles. The summed E-state index contributed by atoms with van der Waals surface area (Å²) in [7, 11) is -4.09. The van der Waals surface area contributed by atoms with Gasteiger partial charge in [0, 0.05) is 0 Å². The summed E-state index contributed by atoms with van der Waals surface area (Å²) in [6.45, 7) is 5.69. The molecule has 0 radical (unpaired) electrons. The molecule has 5 nitrogen and oxygen atoms in total. The van der Waals surface area contributed by atoms with Crippen LogP contribution in [0.4, 0.5) is 0 Å². The van der Waals surface area contributed by atoms with E-state index in [9.17, 15) is 18.3 Å². The van der Waals surface area contributed by atoms with Gasteiger partial charge in [-0.3, -0.25) is 0 Å². The standard InChI is InChI=1S/C17H18O5S/c1-11(2)13-6-9-15(17(18)19)16(10-13)22-23(20,21)14-7-4-12(3)5-8-14/h4-11H,1-3H3,(H,18,19). The molecule has 122 valence electrons. The van der Waals surface area contributed by atoms with Gasteiger partial charge in [-0.05, 0) is 42.7 Å². The monoisotopic (exact) mass is 334 g/mol. The maximum absolute atomic E-state index is 12.4. The first-order chi connectivity index (χ1) is 10.7. The van der Waals surface area contributed by atoms with Crippen LogP contribution in [0.25, 0.3) is 0 Å². The van der Waals surface area contributed by atoms with Gasteiger partial charge in [0.1, 0.15) is 10.5 Å². The first-order valence-corrected chi connectivity index (χ1v) is 8.50. The molecule has 0 bridgehead atoms. The van der Waals surface area contributed by atoms with Gasteiger partial charge in [0.15, 0.2) is 5.75 Å². The Morgan fingerprint density at radius 3 is 2.22 bits per heavy atom. The molecule has 2 aromatic rings. The van der Waals surface area contributed by atoms with Crippen molar-refractivity contribution in [2.24, 2.45) is 0 Å². The van der Waals surface area contributed by atoms with E-state index in [4.69, 9.17) is 4.18 Å². The van der Waals surface area contributed by atoms with Gasteiger partial charge in [0.05, 0.1) is 0 Å². The number of carbonyl (C=O) groups is 1. The molecule has 0 aliphatic heterocycles. The predicted molar refractivity (Wildman–Crippen MR) is 86.5 cm³/mol. The minimum absolute atomic E-state index is 0.0191. The van der Waals surface area contributed by atoms with Gasteiger partial charge in [-0.25, -0.2) is 4.79 Å². The SMILES string of the molecule is Cc1ccc(S(=O)(=O)Oc2cc(C(C)C)ccc2C(=O)O)cc1. The first kappa shape index (κ1) is 17.0. The molecule has 23 heavy (non-hydrogen) atoms. The normalized spacial score (nSPS) is 11.5. The molecule has 0 fully saturated rings. The zero-order valence-corrected chi connectivity index (χ0v) is 13.9. The molecule has 2 rings (SSSR count). The molecule has 0 aliphatic rings. The molecule has 0 spiro atoms. The average molecular weight is 334 g/mol. The summed E-state index contributed by atoms with van der Waals surface area (Å²) in [5.41, 5.74) is 1.52. The van der Waals surface area contributed by atoms with E-state index in [2.05, 4.69) is 0 Å². The molecule has 0 aromatic heterocycles. The van der Waals surface area contributed by atoms with Crippen LogP contribution in [0.2, 0.25) is 0 Å². The van der Waals surface area contributed by atoms with E-state index in [0.717, 1.165) is 11.1 Å². The molecule has 0 saturated heterocycles. The molecule has 0 atom stereocenters. The van der Waals surface area contributed by atoms with Crippen molar-refractivity contribution < 1.29 is 22.5 Å². The summed E-state index contributed by atoms with van der Waals surface area (Å²) < 4.78 is 29.8. The Morgan fingerprint density at radius 2 is 1.70 bits per heavy atom. The number of benzene rings is 2. The second-order valence-corrected chi connectivity index (χ2v) is 7.11. The Labute approximate surface area is 135 Å². The maximum atomic E-state index is 12.4. The van der Waals surface area contributed by atoms with Crippen LogP contribution in [-0.2, 0) is 10.1 Å². The van der Waals surface area contributed by atoms with Crippen LogP contribution in [0.1, 0.15) is 41.3 Å². The van der Waals surface area contributed by atoms with Crippen molar-refractivity contribution in [2.45, 2.75) is 31.6 Å². The summed E-state index contributed by atoms with van der Waals surface area (Å²) in [5, 5.41) is 9.22. The second kappa shape index (κ2) is 6.42. The first-order valence-electron chi connectivity index (χ1n) is 7.09. The van der Waals surface area contributed by atoms with Gasteiger partial charge >= 0.3 is 16.1 Å². The van der Waals surface area contributed by atoms with Crippen LogP contribution in [0.5, 0.6) is 5.75 Å². The average Bonchev–Trinajstić information content (AvgIpc) is 2.46. The maximum Gasteiger partial charge on any atom is 0.339 e. The van der Waals surface area contributed by atoms with Crippen molar-refractivity contribution in [1.82, 2.24) is 0 Å². The Morgan fingerprint density at radius 1 is 1.09 bits per heavy atom. The van der Waals surface area contributed by atoms with Gasteiger partial charge in [0.2, 0.25) is 0 Å². The molecule has 0 amide bonds. The zero-order chi connectivity index (χ0) is 17.2. The third-order valence-electron chi connectivity index (χ3n) is 3.41. The van der Waals surface area contributed by atoms with Crippen LogP contribution in [0, 0.1) is 6.92 Å². The minimum atomic E-state index is -4.09. The highest BCUT2D eigenvalue weighted by Crippen LogP contribution is 2.28.